The average Bonchev–Trinajstić information content (AvgIpc) is 0. The monoisotopic (exact) mass is 203 g/mol. The molecule has 0 aliphatic rings. The molecule has 0 aromatic carbocycles. The van der Waals surface area contributed by atoms with E-state index < -0.39 is 0 Å². The minimum Gasteiger partial charge on any atom is -0.693 e. The first kappa shape index (κ1) is 1270. The Morgan fingerprint density at radius 3 is 0.286 bits per heavy atom. The second-order valence-corrected chi connectivity index (χ2v) is 0. The zero-order chi connectivity index (χ0) is 0. The van der Waals surface area contributed by atoms with Crippen LogP contribution in [0.15, 0.2) is 0 Å². The minimum atomic E-state index is 0. The Morgan fingerprint density at radius 2 is 0.286 bits per heavy atom. The Balaban J connectivity index is 0. The number of rotatable bonds is 0. The van der Waals surface area contributed by atoms with Crippen molar-refractivity contribution in [3.8, 4) is 0 Å². The van der Waals surface area contributed by atoms with Crippen LogP contribution in [0.1, 0.15) is 0 Å². The summed E-state index contributed by atoms with van der Waals surface area (Å²) in [6, 6.07) is 0. The molecule has 0 aromatic rings. The van der Waals surface area contributed by atoms with Crippen LogP contribution < -0.4 is 0 Å². The van der Waals surface area contributed by atoms with Crippen LogP contribution in [0.3, 0.4) is 0 Å². The molecule has 0 spiro atoms. The number of hydrogen-bond acceptors (Lipinski definition) is 0. The van der Waals surface area contributed by atoms with Crippen molar-refractivity contribution in [1.29, 1.82) is 0 Å². The standard InChI is InChI=1S/Ag.6H2N/h;6*1H2/q;6*-1. The molecule has 0 aromatic heterocycles. The first-order valence-corrected chi connectivity index (χ1v) is 0. The molecule has 0 fully saturated rings. The van der Waals surface area contributed by atoms with Gasteiger partial charge in [0, 0.05) is 22.4 Å². The molecule has 6 nitrogen and oxygen atoms in total. The second-order valence-electron chi connectivity index (χ2n) is 0. The largest absolute Gasteiger partial charge is 0.693 e. The molecular weight excluding hydrogens is 192 g/mol. The van der Waals surface area contributed by atoms with Crippen LogP contribution in [0, 0.1) is 0 Å². The maximum absolute atomic E-state index is 0. The third kappa shape index (κ3) is 526. The van der Waals surface area contributed by atoms with Crippen LogP contribution >= 0.6 is 0 Å². The summed E-state index contributed by atoms with van der Waals surface area (Å²) >= 11 is 0. The van der Waals surface area contributed by atoms with Gasteiger partial charge in [-0.3, -0.25) is 0 Å². The smallest absolute Gasteiger partial charge is 0 e. The first-order valence-electron chi connectivity index (χ1n) is 0. The molecule has 0 bridgehead atoms. The summed E-state index contributed by atoms with van der Waals surface area (Å²) in [7, 11) is 0. The SMILES string of the molecule is [Ag].[NH2-].[NH2-].[NH2-].[NH2-].[NH2-].[NH2-]. The molecule has 0 rings (SSSR count). The van der Waals surface area contributed by atoms with E-state index in [0.717, 1.165) is 0 Å². The molecule has 12 N–H and O–H groups in total. The number of nitrogens with two attached hydrogens (primary N) is 6. The Hall–Kier alpha value is 0.500. The zero-order valence-corrected chi connectivity index (χ0v) is 5.25. The molecule has 7 heavy (non-hydrogen) atoms. The molecule has 0 atom stereocenters. The Morgan fingerprint density at radius 1 is 0.286 bits per heavy atom. The van der Waals surface area contributed by atoms with Crippen molar-refractivity contribution < 1.29 is 22.4 Å². The van der Waals surface area contributed by atoms with E-state index in [-0.39, 0.29) is 59.3 Å². The van der Waals surface area contributed by atoms with Crippen molar-refractivity contribution in [2.75, 3.05) is 0 Å². The predicted molar refractivity (Wildman–Crippen MR) is 31.7 cm³/mol. The summed E-state index contributed by atoms with van der Waals surface area (Å²) in [6.45, 7) is 0. The fourth-order valence-electron chi connectivity index (χ4n) is 0. The van der Waals surface area contributed by atoms with Crippen LogP contribution in [0.4, 0.5) is 0 Å². The molecule has 0 amide bonds. The molecule has 0 saturated heterocycles. The Bertz CT molecular complexity index is 4.14. The predicted octanol–water partition coefficient (Wildman–Crippen LogP) is 4.30. The maximum atomic E-state index is 0. The summed E-state index contributed by atoms with van der Waals surface area (Å²) in [6.07, 6.45) is 0. The summed E-state index contributed by atoms with van der Waals surface area (Å²) < 4.78 is 0. The summed E-state index contributed by atoms with van der Waals surface area (Å²) in [5.41, 5.74) is 0. The third-order valence-corrected chi connectivity index (χ3v) is 0. The molecule has 0 aliphatic carbocycles. The van der Waals surface area contributed by atoms with Crippen molar-refractivity contribution >= 4 is 0 Å². The van der Waals surface area contributed by atoms with Crippen molar-refractivity contribution in [3.05, 3.63) is 36.9 Å². The molecule has 7 heteroatoms. The van der Waals surface area contributed by atoms with Crippen LogP contribution in [-0.2, 0) is 22.4 Å². The molecular formula is H12AgN6-6. The van der Waals surface area contributed by atoms with Crippen LogP contribution in [0.5, 0.6) is 0 Å². The van der Waals surface area contributed by atoms with Crippen LogP contribution in [0.2, 0.25) is 0 Å². The van der Waals surface area contributed by atoms with Gasteiger partial charge in [-0.25, -0.2) is 0 Å². The molecule has 0 heterocycles. The first-order chi connectivity index (χ1) is 0. The van der Waals surface area contributed by atoms with E-state index in [1.54, 1.807) is 0 Å². The Labute approximate surface area is 59.8 Å². The summed E-state index contributed by atoms with van der Waals surface area (Å²) in [5, 5.41) is 0. The fraction of sp³-hybridized carbons (Fsp3) is 0. The van der Waals surface area contributed by atoms with E-state index >= 15 is 0 Å². The molecule has 0 saturated carbocycles. The zero-order valence-electron chi connectivity index (χ0n) is 3.77. The van der Waals surface area contributed by atoms with Gasteiger partial charge >= 0.3 is 0 Å². The second kappa shape index (κ2) is 786. The molecule has 1 radical (unpaired) electrons. The van der Waals surface area contributed by atoms with Gasteiger partial charge in [-0.15, -0.1) is 0 Å². The van der Waals surface area contributed by atoms with E-state index in [1.165, 1.54) is 0 Å². The van der Waals surface area contributed by atoms with Gasteiger partial charge in [-0.05, 0) is 0 Å². The van der Waals surface area contributed by atoms with Crippen molar-refractivity contribution in [3.63, 3.8) is 0 Å². The van der Waals surface area contributed by atoms with E-state index in [2.05, 4.69) is 0 Å². The summed E-state index contributed by atoms with van der Waals surface area (Å²) in [4.78, 5) is 0. The van der Waals surface area contributed by atoms with Gasteiger partial charge in [-0.2, -0.15) is 0 Å². The van der Waals surface area contributed by atoms with E-state index in [4.69, 9.17) is 0 Å². The average molecular weight is 204 g/mol. The van der Waals surface area contributed by atoms with E-state index in [9.17, 15) is 0 Å². The van der Waals surface area contributed by atoms with Crippen molar-refractivity contribution in [2.45, 2.75) is 0 Å². The fourth-order valence-corrected chi connectivity index (χ4v) is 0. The van der Waals surface area contributed by atoms with Gasteiger partial charge in [-0.1, -0.05) is 0 Å². The summed E-state index contributed by atoms with van der Waals surface area (Å²) in [5.74, 6) is 0. The van der Waals surface area contributed by atoms with Crippen LogP contribution in [-0.4, -0.2) is 0 Å². The van der Waals surface area contributed by atoms with E-state index in [1.807, 2.05) is 0 Å². The molecule has 0 unspecified atom stereocenters. The Kier molecular flexibility index (Phi) is 142000. The van der Waals surface area contributed by atoms with Gasteiger partial charge in [0.15, 0.2) is 0 Å². The van der Waals surface area contributed by atoms with Gasteiger partial charge in [0.1, 0.15) is 0 Å². The molecule has 0 aliphatic heterocycles. The quantitative estimate of drug-likeness (QED) is 0.506. The maximum Gasteiger partial charge on any atom is 0 e. The minimum absolute atomic E-state index is 0. The van der Waals surface area contributed by atoms with Crippen molar-refractivity contribution in [1.82, 2.24) is 0 Å². The van der Waals surface area contributed by atoms with Crippen molar-refractivity contribution in [2.24, 2.45) is 0 Å². The van der Waals surface area contributed by atoms with Gasteiger partial charge in [0.2, 0.25) is 0 Å². The van der Waals surface area contributed by atoms with Gasteiger partial charge in [0.25, 0.3) is 0 Å². The normalized spacial score (nSPS) is 0. The van der Waals surface area contributed by atoms with Gasteiger partial charge < -0.3 is 36.9 Å². The van der Waals surface area contributed by atoms with Gasteiger partial charge in [0.05, 0.1) is 0 Å². The third-order valence-electron chi connectivity index (χ3n) is 0. The topological polar surface area (TPSA) is 201 Å². The van der Waals surface area contributed by atoms with E-state index in [0.29, 0.717) is 0 Å². The van der Waals surface area contributed by atoms with Crippen LogP contribution in [0.25, 0.3) is 36.9 Å². The molecule has 59 valence electrons. The number of hydrogen-bond donors (Lipinski definition) is 0.